The minimum atomic E-state index is -4.44. The molecule has 3 nitrogen and oxygen atoms in total. The number of hydrogen-bond donors (Lipinski definition) is 0. The standard InChI is InChI=1S/C8H7FO3S.K/c9-8-4-2-1-3-7(8)5-6-13(10,11)12;/h1-6H,(H,10,11,12);/q;+1/p-1/b6-5+;. The monoisotopic (exact) mass is 240 g/mol. The van der Waals surface area contributed by atoms with Gasteiger partial charge in [0.25, 0.3) is 0 Å². The molecule has 0 fully saturated rings. The van der Waals surface area contributed by atoms with Gasteiger partial charge < -0.3 is 4.55 Å². The van der Waals surface area contributed by atoms with E-state index < -0.39 is 15.9 Å². The molecule has 0 amide bonds. The van der Waals surface area contributed by atoms with Gasteiger partial charge in [-0.2, -0.15) is 0 Å². The fourth-order valence-electron chi connectivity index (χ4n) is 0.767. The van der Waals surface area contributed by atoms with Gasteiger partial charge in [-0.25, -0.2) is 12.8 Å². The maximum atomic E-state index is 12.8. The van der Waals surface area contributed by atoms with Crippen LogP contribution in [0.3, 0.4) is 0 Å². The van der Waals surface area contributed by atoms with Crippen molar-refractivity contribution < 1.29 is 68.7 Å². The first kappa shape index (κ1) is 14.4. The third-order valence-electron chi connectivity index (χ3n) is 1.32. The summed E-state index contributed by atoms with van der Waals surface area (Å²) in [6.07, 6.45) is 0.928. The molecule has 0 radical (unpaired) electrons. The molecule has 0 heterocycles. The fraction of sp³-hybridized carbons (Fsp3) is 0. The summed E-state index contributed by atoms with van der Waals surface area (Å²) in [4.78, 5) is 0. The van der Waals surface area contributed by atoms with E-state index in [4.69, 9.17) is 0 Å². The normalized spacial score (nSPS) is 11.3. The largest absolute Gasteiger partial charge is 1.00 e. The van der Waals surface area contributed by atoms with Gasteiger partial charge in [0.05, 0.1) is 0 Å². The van der Waals surface area contributed by atoms with E-state index in [9.17, 15) is 17.4 Å². The van der Waals surface area contributed by atoms with Gasteiger partial charge in [-0.15, -0.1) is 0 Å². The Balaban J connectivity index is 0.00000169. The molecule has 0 N–H and O–H groups in total. The average molecular weight is 240 g/mol. The molecule has 0 aliphatic rings. The smallest absolute Gasteiger partial charge is 0.744 e. The molecule has 0 aliphatic carbocycles. The summed E-state index contributed by atoms with van der Waals surface area (Å²) in [7, 11) is -4.44. The van der Waals surface area contributed by atoms with E-state index in [0.717, 1.165) is 6.08 Å². The van der Waals surface area contributed by atoms with E-state index in [2.05, 4.69) is 0 Å². The second-order valence-electron chi connectivity index (χ2n) is 2.32. The maximum Gasteiger partial charge on any atom is 1.00 e. The van der Waals surface area contributed by atoms with Crippen LogP contribution in [0.2, 0.25) is 0 Å². The Morgan fingerprint density at radius 3 is 2.36 bits per heavy atom. The van der Waals surface area contributed by atoms with Crippen LogP contribution in [0.25, 0.3) is 6.08 Å². The summed E-state index contributed by atoms with van der Waals surface area (Å²) in [5, 5.41) is 0.422. The molecule has 0 unspecified atom stereocenters. The van der Waals surface area contributed by atoms with Crippen molar-refractivity contribution in [3.63, 3.8) is 0 Å². The summed E-state index contributed by atoms with van der Waals surface area (Å²) in [6, 6.07) is 5.56. The topological polar surface area (TPSA) is 57.2 Å². The van der Waals surface area contributed by atoms with Crippen LogP contribution >= 0.6 is 0 Å². The second-order valence-corrected chi connectivity index (χ2v) is 3.57. The molecular weight excluding hydrogens is 234 g/mol. The second kappa shape index (κ2) is 6.11. The zero-order chi connectivity index (χ0) is 9.90. The summed E-state index contributed by atoms with van der Waals surface area (Å²) >= 11 is 0. The molecule has 1 aromatic rings. The van der Waals surface area contributed by atoms with Crippen molar-refractivity contribution in [2.45, 2.75) is 0 Å². The molecular formula is C8H6FKO3S. The number of benzene rings is 1. The van der Waals surface area contributed by atoms with Crippen molar-refractivity contribution in [1.29, 1.82) is 0 Å². The van der Waals surface area contributed by atoms with Gasteiger partial charge in [0.2, 0.25) is 0 Å². The molecule has 0 saturated heterocycles. The summed E-state index contributed by atoms with van der Waals surface area (Å²) in [6.45, 7) is 0. The van der Waals surface area contributed by atoms with Crippen LogP contribution in [0.15, 0.2) is 29.7 Å². The van der Waals surface area contributed by atoms with Crippen LogP contribution in [0, 0.1) is 5.82 Å². The van der Waals surface area contributed by atoms with Crippen LogP contribution in [0.4, 0.5) is 4.39 Å². The van der Waals surface area contributed by atoms with Crippen molar-refractivity contribution in [3.05, 3.63) is 41.1 Å². The molecule has 1 rings (SSSR count). The number of halogens is 1. The summed E-state index contributed by atoms with van der Waals surface area (Å²) < 4.78 is 43.3. The Morgan fingerprint density at radius 1 is 1.29 bits per heavy atom. The molecule has 0 atom stereocenters. The quantitative estimate of drug-likeness (QED) is 0.459. The van der Waals surface area contributed by atoms with Crippen molar-refractivity contribution in [2.24, 2.45) is 0 Å². The van der Waals surface area contributed by atoms with Gasteiger partial charge in [0, 0.05) is 11.0 Å². The third-order valence-corrected chi connectivity index (χ3v) is 1.79. The van der Waals surface area contributed by atoms with Crippen molar-refractivity contribution in [2.75, 3.05) is 0 Å². The third kappa shape index (κ3) is 5.35. The van der Waals surface area contributed by atoms with E-state index in [0.29, 0.717) is 5.41 Å². The van der Waals surface area contributed by atoms with Gasteiger partial charge >= 0.3 is 51.4 Å². The maximum absolute atomic E-state index is 12.8. The molecule has 6 heteroatoms. The van der Waals surface area contributed by atoms with Crippen LogP contribution in [0.1, 0.15) is 5.56 Å². The predicted molar refractivity (Wildman–Crippen MR) is 45.1 cm³/mol. The Labute approximate surface area is 124 Å². The van der Waals surface area contributed by atoms with Gasteiger partial charge in [0.15, 0.2) is 0 Å². The fourth-order valence-corrected chi connectivity index (χ4v) is 1.08. The van der Waals surface area contributed by atoms with Gasteiger partial charge in [-0.1, -0.05) is 18.2 Å². The van der Waals surface area contributed by atoms with Crippen LogP contribution < -0.4 is 51.4 Å². The summed E-state index contributed by atoms with van der Waals surface area (Å²) in [5.74, 6) is -0.567. The Hall–Kier alpha value is 0.436. The first-order chi connectivity index (χ1) is 5.99. The average Bonchev–Trinajstić information content (AvgIpc) is 2.01. The Morgan fingerprint density at radius 2 is 1.86 bits per heavy atom. The molecule has 70 valence electrons. The first-order valence-corrected chi connectivity index (χ1v) is 4.85. The van der Waals surface area contributed by atoms with E-state index in [1.165, 1.54) is 18.2 Å². The van der Waals surface area contributed by atoms with Gasteiger partial charge in [0.1, 0.15) is 15.9 Å². The zero-order valence-electron chi connectivity index (χ0n) is 7.48. The zero-order valence-corrected chi connectivity index (χ0v) is 11.4. The van der Waals surface area contributed by atoms with E-state index in [-0.39, 0.29) is 56.9 Å². The van der Waals surface area contributed by atoms with Gasteiger partial charge in [-0.3, -0.25) is 0 Å². The minimum Gasteiger partial charge on any atom is -0.744 e. The molecule has 1 aromatic carbocycles. The molecule has 0 spiro atoms. The minimum absolute atomic E-state index is 0. The SMILES string of the molecule is O=S(=O)([O-])/C=C/c1ccccc1F.[K+]. The van der Waals surface area contributed by atoms with E-state index >= 15 is 0 Å². The molecule has 0 saturated carbocycles. The molecule has 0 bridgehead atoms. The number of rotatable bonds is 2. The van der Waals surface area contributed by atoms with Crippen molar-refractivity contribution >= 4 is 16.2 Å². The molecule has 14 heavy (non-hydrogen) atoms. The van der Waals surface area contributed by atoms with Crippen LogP contribution in [0.5, 0.6) is 0 Å². The first-order valence-electron chi connectivity index (χ1n) is 3.37. The Bertz CT molecular complexity index is 428. The van der Waals surface area contributed by atoms with E-state index in [1.54, 1.807) is 6.07 Å². The van der Waals surface area contributed by atoms with Crippen molar-refractivity contribution in [1.82, 2.24) is 0 Å². The molecule has 0 aliphatic heterocycles. The van der Waals surface area contributed by atoms with Crippen molar-refractivity contribution in [3.8, 4) is 0 Å². The van der Waals surface area contributed by atoms with Crippen LogP contribution in [-0.4, -0.2) is 13.0 Å². The predicted octanol–water partition coefficient (Wildman–Crippen LogP) is -1.65. The Kier molecular flexibility index (Phi) is 6.30. The summed E-state index contributed by atoms with van der Waals surface area (Å²) in [5.41, 5.74) is 0.0712. The van der Waals surface area contributed by atoms with E-state index in [1.807, 2.05) is 0 Å². The van der Waals surface area contributed by atoms with Crippen LogP contribution in [-0.2, 0) is 10.1 Å². The molecule has 0 aromatic heterocycles. The number of hydrogen-bond acceptors (Lipinski definition) is 3. The van der Waals surface area contributed by atoms with Gasteiger partial charge in [-0.05, 0) is 12.1 Å².